The average molecular weight is 407 g/mol. The molecule has 3 unspecified atom stereocenters. The van der Waals surface area contributed by atoms with Gasteiger partial charge in [0.05, 0.1) is 38.6 Å². The van der Waals surface area contributed by atoms with E-state index in [1.807, 2.05) is 0 Å². The quantitative estimate of drug-likeness (QED) is 0.198. The second kappa shape index (κ2) is 19.1. The van der Waals surface area contributed by atoms with Gasteiger partial charge in [-0.15, -0.1) is 6.61 Å². The van der Waals surface area contributed by atoms with Crippen LogP contribution in [0, 0.1) is 6.42 Å². The van der Waals surface area contributed by atoms with Gasteiger partial charge in [0.25, 0.3) is 0 Å². The largest absolute Gasteiger partial charge is 1.00 e. The van der Waals surface area contributed by atoms with Crippen LogP contribution in [0.15, 0.2) is 0 Å². The van der Waals surface area contributed by atoms with Crippen LogP contribution in [-0.2, 0) is 18.9 Å². The maximum absolute atomic E-state index is 10.6. The minimum atomic E-state index is -0.176. The van der Waals surface area contributed by atoms with Crippen LogP contribution in [-0.4, -0.2) is 58.0 Å². The van der Waals surface area contributed by atoms with Gasteiger partial charge >= 0.3 is 103 Å². The van der Waals surface area contributed by atoms with Crippen LogP contribution >= 0.6 is 0 Å². The van der Waals surface area contributed by atoms with Crippen molar-refractivity contribution in [2.24, 2.45) is 0 Å². The summed E-state index contributed by atoms with van der Waals surface area (Å²) in [5.74, 6) is 0. The van der Waals surface area contributed by atoms with E-state index in [2.05, 4.69) is 6.42 Å². The van der Waals surface area contributed by atoms with Crippen molar-refractivity contribution in [2.45, 2.75) is 69.7 Å². The summed E-state index contributed by atoms with van der Waals surface area (Å²) in [6, 6.07) is 0. The molecule has 0 aromatic carbocycles. The van der Waals surface area contributed by atoms with Crippen molar-refractivity contribution in [1.29, 1.82) is 0 Å². The van der Waals surface area contributed by atoms with E-state index in [0.29, 0.717) is 32.5 Å². The standard InChI is InChI=1S/C18H32O5.2K/c19-10-11-22-17-8-4-5-9-18(17)23-15-13-20-12-14-21-16-6-2-1-3-7-16;;/h6,16-18H,1-5,7-15H2;;/q-2;2*+1. The Balaban J connectivity index is 0.00000288. The van der Waals surface area contributed by atoms with Crippen LogP contribution in [0.4, 0.5) is 0 Å². The molecule has 0 aromatic rings. The molecule has 3 atom stereocenters. The molecule has 7 heteroatoms. The molecule has 2 saturated carbocycles. The van der Waals surface area contributed by atoms with E-state index in [9.17, 15) is 5.11 Å². The van der Waals surface area contributed by atoms with Crippen LogP contribution in [0.3, 0.4) is 0 Å². The normalized spacial score (nSPS) is 26.5. The molecule has 0 aliphatic heterocycles. The molecular formula is C18H32K2O5. The fourth-order valence-corrected chi connectivity index (χ4v) is 3.33. The molecule has 0 bridgehead atoms. The van der Waals surface area contributed by atoms with Gasteiger partial charge in [0.1, 0.15) is 0 Å². The Kier molecular flexibility index (Phi) is 21.4. The van der Waals surface area contributed by atoms with Crippen molar-refractivity contribution < 1.29 is 127 Å². The zero-order chi connectivity index (χ0) is 16.2. The zero-order valence-electron chi connectivity index (χ0n) is 16.3. The first kappa shape index (κ1) is 28.1. The Morgan fingerprint density at radius 1 is 0.720 bits per heavy atom. The first-order valence-corrected chi connectivity index (χ1v) is 9.24. The van der Waals surface area contributed by atoms with Gasteiger partial charge in [-0.2, -0.15) is 6.42 Å². The Morgan fingerprint density at radius 2 is 1.32 bits per heavy atom. The third kappa shape index (κ3) is 13.1. The third-order valence-corrected chi connectivity index (χ3v) is 4.55. The average Bonchev–Trinajstić information content (AvgIpc) is 2.61. The van der Waals surface area contributed by atoms with Crippen molar-refractivity contribution >= 4 is 0 Å². The predicted octanol–water partition coefficient (Wildman–Crippen LogP) is -4.12. The van der Waals surface area contributed by atoms with E-state index >= 15 is 0 Å². The monoisotopic (exact) mass is 406 g/mol. The summed E-state index contributed by atoms with van der Waals surface area (Å²) >= 11 is 0. The smallest absolute Gasteiger partial charge is 0.853 e. The van der Waals surface area contributed by atoms with E-state index in [1.54, 1.807) is 0 Å². The van der Waals surface area contributed by atoms with E-state index < -0.39 is 0 Å². The topological polar surface area (TPSA) is 60.0 Å². The molecule has 2 rings (SSSR count). The van der Waals surface area contributed by atoms with Gasteiger partial charge in [0.15, 0.2) is 0 Å². The molecule has 0 spiro atoms. The molecule has 2 fully saturated rings. The summed E-state index contributed by atoms with van der Waals surface area (Å²) in [6.45, 7) is 2.55. The van der Waals surface area contributed by atoms with E-state index in [0.717, 1.165) is 25.7 Å². The van der Waals surface area contributed by atoms with Crippen LogP contribution in [0.5, 0.6) is 0 Å². The molecular weight excluding hydrogens is 374 g/mol. The first-order chi connectivity index (χ1) is 11.4. The van der Waals surface area contributed by atoms with E-state index in [4.69, 9.17) is 18.9 Å². The Labute approximate surface area is 238 Å². The summed E-state index contributed by atoms with van der Waals surface area (Å²) < 4.78 is 22.8. The van der Waals surface area contributed by atoms with Crippen molar-refractivity contribution in [3.63, 3.8) is 0 Å². The molecule has 136 valence electrons. The minimum Gasteiger partial charge on any atom is -0.853 e. The van der Waals surface area contributed by atoms with Crippen molar-refractivity contribution in [3.05, 3.63) is 6.42 Å². The molecule has 2 aliphatic carbocycles. The summed E-state index contributed by atoms with van der Waals surface area (Å²) in [5, 5.41) is 10.6. The van der Waals surface area contributed by atoms with Gasteiger partial charge in [-0.1, -0.05) is 38.2 Å². The minimum absolute atomic E-state index is 0. The van der Waals surface area contributed by atoms with E-state index in [-0.39, 0.29) is 128 Å². The Morgan fingerprint density at radius 3 is 1.92 bits per heavy atom. The van der Waals surface area contributed by atoms with Gasteiger partial charge in [0, 0.05) is 6.61 Å². The van der Waals surface area contributed by atoms with Crippen LogP contribution in [0.2, 0.25) is 0 Å². The molecule has 0 amide bonds. The van der Waals surface area contributed by atoms with Gasteiger partial charge in [-0.25, -0.2) is 0 Å². The van der Waals surface area contributed by atoms with Crippen LogP contribution in [0.25, 0.3) is 0 Å². The van der Waals surface area contributed by atoms with Gasteiger partial charge in [-0.05, 0) is 12.8 Å². The zero-order valence-corrected chi connectivity index (χ0v) is 22.5. The molecule has 0 N–H and O–H groups in total. The molecule has 25 heavy (non-hydrogen) atoms. The number of hydrogen-bond acceptors (Lipinski definition) is 5. The van der Waals surface area contributed by atoms with Gasteiger partial charge in [0.2, 0.25) is 0 Å². The number of hydrogen-bond donors (Lipinski definition) is 0. The maximum Gasteiger partial charge on any atom is 1.00 e. The molecule has 0 radical (unpaired) electrons. The molecule has 5 nitrogen and oxygen atoms in total. The third-order valence-electron chi connectivity index (χ3n) is 4.55. The number of rotatable bonds is 11. The SMILES string of the molecule is [K+].[K+].[O-]CCOC1CCCCC1OCCOCCOC1[CH-]CCCC1. The summed E-state index contributed by atoms with van der Waals surface area (Å²) in [6.07, 6.45) is 12.1. The van der Waals surface area contributed by atoms with E-state index in [1.165, 1.54) is 25.7 Å². The fourth-order valence-electron chi connectivity index (χ4n) is 3.33. The predicted molar refractivity (Wildman–Crippen MR) is 86.1 cm³/mol. The number of ether oxygens (including phenoxy) is 4. The Hall–Kier alpha value is 3.07. The second-order valence-corrected chi connectivity index (χ2v) is 6.35. The summed E-state index contributed by atoms with van der Waals surface area (Å²) in [5.41, 5.74) is 0. The van der Waals surface area contributed by atoms with Gasteiger partial charge in [-0.3, -0.25) is 0 Å². The van der Waals surface area contributed by atoms with Crippen LogP contribution in [0.1, 0.15) is 51.4 Å². The van der Waals surface area contributed by atoms with Crippen molar-refractivity contribution in [1.82, 2.24) is 0 Å². The molecule has 2 aliphatic rings. The van der Waals surface area contributed by atoms with Crippen molar-refractivity contribution in [2.75, 3.05) is 39.6 Å². The van der Waals surface area contributed by atoms with Crippen LogP contribution < -0.4 is 108 Å². The molecule has 0 heterocycles. The van der Waals surface area contributed by atoms with Gasteiger partial charge < -0.3 is 30.5 Å². The van der Waals surface area contributed by atoms with Crippen molar-refractivity contribution in [3.8, 4) is 0 Å². The fraction of sp³-hybridized carbons (Fsp3) is 0.944. The summed E-state index contributed by atoms with van der Waals surface area (Å²) in [7, 11) is 0. The Bertz CT molecular complexity index is 291. The second-order valence-electron chi connectivity index (χ2n) is 6.35. The summed E-state index contributed by atoms with van der Waals surface area (Å²) in [4.78, 5) is 0. The molecule has 0 aromatic heterocycles. The maximum atomic E-state index is 10.6. The first-order valence-electron chi connectivity index (χ1n) is 9.24. The molecule has 0 saturated heterocycles.